The Balaban J connectivity index is 1.55. The molecule has 2 N–H and O–H groups in total. The van der Waals surface area contributed by atoms with E-state index in [4.69, 9.17) is 9.47 Å². The monoisotopic (exact) mass is 420 g/mol. The smallest absolute Gasteiger partial charge is 0.279 e. The van der Waals surface area contributed by atoms with Crippen molar-refractivity contribution in [3.63, 3.8) is 0 Å². The molecule has 0 saturated carbocycles. The highest BCUT2D eigenvalue weighted by Gasteiger charge is 2.18. The van der Waals surface area contributed by atoms with Gasteiger partial charge in [-0.3, -0.25) is 20.4 Å². The van der Waals surface area contributed by atoms with Gasteiger partial charge >= 0.3 is 0 Å². The predicted octanol–water partition coefficient (Wildman–Crippen LogP) is 4.49. The molecule has 0 fully saturated rings. The summed E-state index contributed by atoms with van der Waals surface area (Å²) in [5.74, 6) is 0.655. The van der Waals surface area contributed by atoms with Crippen molar-refractivity contribution in [2.24, 2.45) is 5.92 Å². The molecule has 6 nitrogen and oxygen atoms in total. The summed E-state index contributed by atoms with van der Waals surface area (Å²) in [5, 5.41) is 2.11. The Hall–Kier alpha value is -3.54. The number of para-hydroxylation sites is 1. The van der Waals surface area contributed by atoms with E-state index in [1.165, 1.54) is 0 Å². The van der Waals surface area contributed by atoms with E-state index in [-0.39, 0.29) is 0 Å². The summed E-state index contributed by atoms with van der Waals surface area (Å²) >= 11 is 0. The Morgan fingerprint density at radius 3 is 2.35 bits per heavy atom. The minimum absolute atomic E-state index is 0.356. The van der Waals surface area contributed by atoms with E-state index in [9.17, 15) is 9.59 Å². The third-order valence-electron chi connectivity index (χ3n) is 4.79. The van der Waals surface area contributed by atoms with Crippen LogP contribution in [-0.2, 0) is 4.79 Å². The van der Waals surface area contributed by atoms with Gasteiger partial charge in [-0.05, 0) is 54.3 Å². The molecule has 31 heavy (non-hydrogen) atoms. The number of hydrazine groups is 1. The number of amides is 2. The zero-order chi connectivity index (χ0) is 22.2. The van der Waals surface area contributed by atoms with Gasteiger partial charge in [0.15, 0.2) is 6.10 Å². The highest BCUT2D eigenvalue weighted by molar-refractivity contribution is 5.98. The van der Waals surface area contributed by atoms with Crippen molar-refractivity contribution in [3.8, 4) is 11.5 Å². The van der Waals surface area contributed by atoms with Gasteiger partial charge < -0.3 is 9.47 Å². The van der Waals surface area contributed by atoms with Crippen LogP contribution in [0.15, 0.2) is 66.7 Å². The molecule has 0 aliphatic carbocycles. The molecule has 3 aromatic carbocycles. The van der Waals surface area contributed by atoms with Crippen molar-refractivity contribution in [3.05, 3.63) is 72.3 Å². The van der Waals surface area contributed by atoms with Crippen LogP contribution in [-0.4, -0.2) is 24.5 Å². The lowest BCUT2D eigenvalue weighted by Gasteiger charge is -2.16. The number of carbonyl (C=O) groups is 2. The van der Waals surface area contributed by atoms with E-state index < -0.39 is 17.9 Å². The van der Waals surface area contributed by atoms with E-state index in [1.54, 1.807) is 31.2 Å². The SMILES string of the molecule is CC(C)CCOc1ccccc1C(=O)NNC(=O)C(C)Oc1ccc2ccccc2c1. The summed E-state index contributed by atoms with van der Waals surface area (Å²) < 4.78 is 11.5. The second-order valence-corrected chi connectivity index (χ2v) is 7.74. The molecule has 1 atom stereocenters. The molecule has 0 aliphatic rings. The molecular formula is C25H28N2O4. The highest BCUT2D eigenvalue weighted by Crippen LogP contribution is 2.21. The molecule has 2 amide bonds. The highest BCUT2D eigenvalue weighted by atomic mass is 16.5. The van der Waals surface area contributed by atoms with Gasteiger partial charge in [0.2, 0.25) is 0 Å². The third-order valence-corrected chi connectivity index (χ3v) is 4.79. The maximum atomic E-state index is 12.5. The topological polar surface area (TPSA) is 76.7 Å². The normalized spacial score (nSPS) is 11.7. The summed E-state index contributed by atoms with van der Waals surface area (Å²) in [6.07, 6.45) is 0.0926. The van der Waals surface area contributed by atoms with Crippen molar-refractivity contribution >= 4 is 22.6 Å². The van der Waals surface area contributed by atoms with Gasteiger partial charge in [-0.2, -0.15) is 0 Å². The molecule has 1 unspecified atom stereocenters. The second-order valence-electron chi connectivity index (χ2n) is 7.74. The number of rotatable bonds is 8. The molecule has 0 aliphatic heterocycles. The summed E-state index contributed by atoms with van der Waals surface area (Å²) in [4.78, 5) is 24.9. The van der Waals surface area contributed by atoms with Crippen LogP contribution in [0.25, 0.3) is 10.8 Å². The number of benzene rings is 3. The lowest BCUT2D eigenvalue weighted by Crippen LogP contribution is -2.47. The first kappa shape index (κ1) is 22.2. The fourth-order valence-corrected chi connectivity index (χ4v) is 2.97. The lowest BCUT2D eigenvalue weighted by molar-refractivity contribution is -0.128. The van der Waals surface area contributed by atoms with Gasteiger partial charge in [0.25, 0.3) is 11.8 Å². The van der Waals surface area contributed by atoms with E-state index in [0.29, 0.717) is 29.6 Å². The minimum atomic E-state index is -0.793. The molecule has 0 heterocycles. The third kappa shape index (κ3) is 6.22. The zero-order valence-corrected chi connectivity index (χ0v) is 18.1. The van der Waals surface area contributed by atoms with Crippen LogP contribution in [0.5, 0.6) is 11.5 Å². The Labute approximate surface area is 182 Å². The van der Waals surface area contributed by atoms with Crippen LogP contribution < -0.4 is 20.3 Å². The average molecular weight is 421 g/mol. The average Bonchev–Trinajstić information content (AvgIpc) is 2.77. The van der Waals surface area contributed by atoms with Crippen LogP contribution in [0.3, 0.4) is 0 Å². The zero-order valence-electron chi connectivity index (χ0n) is 18.1. The van der Waals surface area contributed by atoms with Gasteiger partial charge in [0.05, 0.1) is 12.2 Å². The Morgan fingerprint density at radius 1 is 0.871 bits per heavy atom. The molecule has 162 valence electrons. The maximum absolute atomic E-state index is 12.5. The van der Waals surface area contributed by atoms with E-state index in [2.05, 4.69) is 24.7 Å². The Kier molecular flexibility index (Phi) is 7.49. The number of fused-ring (bicyclic) bond motifs is 1. The molecule has 0 bridgehead atoms. The van der Waals surface area contributed by atoms with Crippen LogP contribution in [0.1, 0.15) is 37.6 Å². The standard InChI is InChI=1S/C25H28N2O4/c1-17(2)14-15-30-23-11-7-6-10-22(23)25(29)27-26-24(28)18(3)31-21-13-12-19-8-4-5-9-20(19)16-21/h4-13,16-18H,14-15H2,1-3H3,(H,26,28)(H,27,29). The maximum Gasteiger partial charge on any atom is 0.279 e. The molecule has 6 heteroatoms. The quantitative estimate of drug-likeness (QED) is 0.527. The number of hydrogen-bond acceptors (Lipinski definition) is 4. The number of ether oxygens (including phenoxy) is 2. The van der Waals surface area contributed by atoms with Crippen LogP contribution in [0, 0.1) is 5.92 Å². The molecular weight excluding hydrogens is 392 g/mol. The molecule has 0 radical (unpaired) electrons. The van der Waals surface area contributed by atoms with Crippen LogP contribution in [0.4, 0.5) is 0 Å². The molecule has 0 saturated heterocycles. The first-order valence-corrected chi connectivity index (χ1v) is 10.4. The van der Waals surface area contributed by atoms with Gasteiger partial charge in [-0.15, -0.1) is 0 Å². The number of hydrogen-bond donors (Lipinski definition) is 2. The molecule has 3 rings (SSSR count). The van der Waals surface area contributed by atoms with Gasteiger partial charge in [0, 0.05) is 0 Å². The summed E-state index contributed by atoms with van der Waals surface area (Å²) in [5.41, 5.74) is 5.21. The number of nitrogens with one attached hydrogen (secondary N) is 2. The molecule has 0 aromatic heterocycles. The van der Waals surface area contributed by atoms with Gasteiger partial charge in [0.1, 0.15) is 11.5 Å². The predicted molar refractivity (Wildman–Crippen MR) is 121 cm³/mol. The summed E-state index contributed by atoms with van der Waals surface area (Å²) in [7, 11) is 0. The van der Waals surface area contributed by atoms with Crippen molar-refractivity contribution in [1.82, 2.24) is 10.9 Å². The summed E-state index contributed by atoms with van der Waals surface area (Å²) in [6, 6.07) is 20.5. The fraction of sp³-hybridized carbons (Fsp3) is 0.280. The van der Waals surface area contributed by atoms with Crippen LogP contribution in [0.2, 0.25) is 0 Å². The van der Waals surface area contributed by atoms with E-state index in [0.717, 1.165) is 17.2 Å². The Morgan fingerprint density at radius 2 is 1.58 bits per heavy atom. The van der Waals surface area contributed by atoms with Gasteiger partial charge in [-0.25, -0.2) is 0 Å². The molecule has 0 spiro atoms. The van der Waals surface area contributed by atoms with Gasteiger partial charge in [-0.1, -0.05) is 56.3 Å². The molecule has 3 aromatic rings. The van der Waals surface area contributed by atoms with Crippen molar-refractivity contribution in [2.75, 3.05) is 6.61 Å². The minimum Gasteiger partial charge on any atom is -0.493 e. The second kappa shape index (κ2) is 10.5. The van der Waals surface area contributed by atoms with E-state index >= 15 is 0 Å². The number of carbonyl (C=O) groups excluding carboxylic acids is 2. The summed E-state index contributed by atoms with van der Waals surface area (Å²) in [6.45, 7) is 6.36. The first-order chi connectivity index (χ1) is 14.9. The van der Waals surface area contributed by atoms with Crippen molar-refractivity contribution in [1.29, 1.82) is 0 Å². The van der Waals surface area contributed by atoms with Crippen LogP contribution >= 0.6 is 0 Å². The van der Waals surface area contributed by atoms with Crippen molar-refractivity contribution < 1.29 is 19.1 Å². The Bertz CT molecular complexity index is 1050. The van der Waals surface area contributed by atoms with Crippen molar-refractivity contribution in [2.45, 2.75) is 33.3 Å². The largest absolute Gasteiger partial charge is 0.493 e. The lowest BCUT2D eigenvalue weighted by atomic mass is 10.1. The van der Waals surface area contributed by atoms with E-state index in [1.807, 2.05) is 42.5 Å². The first-order valence-electron chi connectivity index (χ1n) is 10.4. The fourth-order valence-electron chi connectivity index (χ4n) is 2.97.